The van der Waals surface area contributed by atoms with Crippen LogP contribution < -0.4 is 0 Å². The SMILES string of the molecule is CC(C)(C)OC(=O)N1C(=O)N(CSc2ccccc2Br)C(C)(C)C1O. The number of imide groups is 1. The van der Waals surface area contributed by atoms with Gasteiger partial charge in [-0.1, -0.05) is 12.1 Å². The predicted molar refractivity (Wildman–Crippen MR) is 100 cm³/mol. The van der Waals surface area contributed by atoms with Crippen LogP contribution in [0, 0.1) is 0 Å². The summed E-state index contributed by atoms with van der Waals surface area (Å²) in [6.45, 7) is 8.58. The van der Waals surface area contributed by atoms with Crippen LogP contribution in [0.3, 0.4) is 0 Å². The van der Waals surface area contributed by atoms with Crippen molar-refractivity contribution in [3.8, 4) is 0 Å². The van der Waals surface area contributed by atoms with Crippen molar-refractivity contribution in [2.24, 2.45) is 0 Å². The van der Waals surface area contributed by atoms with E-state index in [0.29, 0.717) is 5.88 Å². The second-order valence-corrected chi connectivity index (χ2v) is 9.13. The number of aliphatic hydroxyl groups is 1. The van der Waals surface area contributed by atoms with Crippen LogP contribution in [0.4, 0.5) is 9.59 Å². The van der Waals surface area contributed by atoms with Crippen LogP contribution in [-0.2, 0) is 4.74 Å². The molecule has 2 rings (SSSR count). The summed E-state index contributed by atoms with van der Waals surface area (Å²) in [4.78, 5) is 28.3. The summed E-state index contributed by atoms with van der Waals surface area (Å²) < 4.78 is 6.18. The molecular weight excluding hydrogens is 408 g/mol. The van der Waals surface area contributed by atoms with Crippen molar-refractivity contribution >= 4 is 39.8 Å². The van der Waals surface area contributed by atoms with Crippen LogP contribution in [0.15, 0.2) is 33.6 Å². The summed E-state index contributed by atoms with van der Waals surface area (Å²) in [5, 5.41) is 10.5. The molecule has 1 N–H and O–H groups in total. The minimum atomic E-state index is -1.28. The Morgan fingerprint density at radius 3 is 2.52 bits per heavy atom. The van der Waals surface area contributed by atoms with Crippen LogP contribution in [-0.4, -0.2) is 50.3 Å². The number of urea groups is 1. The third kappa shape index (κ3) is 4.30. The summed E-state index contributed by atoms with van der Waals surface area (Å²) in [7, 11) is 0. The van der Waals surface area contributed by atoms with E-state index >= 15 is 0 Å². The molecule has 1 fully saturated rings. The van der Waals surface area contributed by atoms with Gasteiger partial charge in [0.1, 0.15) is 5.60 Å². The van der Waals surface area contributed by atoms with Crippen LogP contribution in [0.1, 0.15) is 34.6 Å². The molecule has 138 valence electrons. The number of aliphatic hydroxyl groups excluding tert-OH is 1. The predicted octanol–water partition coefficient (Wildman–Crippen LogP) is 4.27. The van der Waals surface area contributed by atoms with E-state index in [9.17, 15) is 14.7 Å². The first kappa shape index (κ1) is 20.1. The second kappa shape index (κ2) is 7.17. The van der Waals surface area contributed by atoms with Crippen LogP contribution >= 0.6 is 27.7 Å². The van der Waals surface area contributed by atoms with Gasteiger partial charge in [0.2, 0.25) is 0 Å². The van der Waals surface area contributed by atoms with Gasteiger partial charge in [0, 0.05) is 9.37 Å². The lowest BCUT2D eigenvalue weighted by Crippen LogP contribution is -2.48. The average molecular weight is 431 g/mol. The average Bonchev–Trinajstić information content (AvgIpc) is 2.63. The molecule has 0 saturated carbocycles. The minimum Gasteiger partial charge on any atom is -0.443 e. The Hall–Kier alpha value is -1.25. The van der Waals surface area contributed by atoms with Crippen molar-refractivity contribution in [3.63, 3.8) is 0 Å². The Morgan fingerprint density at radius 1 is 1.36 bits per heavy atom. The van der Waals surface area contributed by atoms with Gasteiger partial charge in [-0.3, -0.25) is 0 Å². The lowest BCUT2D eigenvalue weighted by molar-refractivity contribution is -0.0249. The Balaban J connectivity index is 2.17. The van der Waals surface area contributed by atoms with Crippen LogP contribution in [0.25, 0.3) is 0 Å². The van der Waals surface area contributed by atoms with E-state index in [-0.39, 0.29) is 0 Å². The van der Waals surface area contributed by atoms with E-state index in [4.69, 9.17) is 4.74 Å². The van der Waals surface area contributed by atoms with Crippen LogP contribution in [0.5, 0.6) is 0 Å². The van der Waals surface area contributed by atoms with E-state index in [1.54, 1.807) is 34.6 Å². The Kier molecular flexibility index (Phi) is 5.75. The number of amides is 3. The molecule has 6 nitrogen and oxygen atoms in total. The maximum Gasteiger partial charge on any atom is 0.420 e. The molecule has 0 spiro atoms. The molecule has 8 heteroatoms. The fourth-order valence-electron chi connectivity index (χ4n) is 2.34. The fourth-order valence-corrected chi connectivity index (χ4v) is 4.06. The number of carbonyl (C=O) groups is 2. The standard InChI is InChI=1S/C17H23BrN2O4S/c1-16(2,3)24-15(23)20-13(21)17(4,5)19(14(20)22)10-25-12-9-7-6-8-11(12)18/h6-9,13,21H,10H2,1-5H3. The normalized spacial score (nSPS) is 20.1. The van der Waals surface area contributed by atoms with Crippen molar-refractivity contribution in [3.05, 3.63) is 28.7 Å². The first-order valence-corrected chi connectivity index (χ1v) is 9.62. The first-order valence-electron chi connectivity index (χ1n) is 7.84. The highest BCUT2D eigenvalue weighted by atomic mass is 79.9. The monoisotopic (exact) mass is 430 g/mol. The highest BCUT2D eigenvalue weighted by Crippen LogP contribution is 2.36. The highest BCUT2D eigenvalue weighted by Gasteiger charge is 2.54. The molecule has 1 aliphatic rings. The number of rotatable bonds is 3. The Bertz CT molecular complexity index is 675. The van der Waals surface area contributed by atoms with Gasteiger partial charge in [-0.2, -0.15) is 4.90 Å². The van der Waals surface area contributed by atoms with Crippen molar-refractivity contribution in [2.75, 3.05) is 5.88 Å². The molecule has 1 saturated heterocycles. The minimum absolute atomic E-state index is 0.296. The quantitative estimate of drug-likeness (QED) is 0.724. The van der Waals surface area contributed by atoms with Crippen molar-refractivity contribution in [1.29, 1.82) is 0 Å². The van der Waals surface area contributed by atoms with Gasteiger partial charge in [0.05, 0.1) is 11.4 Å². The van der Waals surface area contributed by atoms with Gasteiger partial charge < -0.3 is 14.7 Å². The summed E-state index contributed by atoms with van der Waals surface area (Å²) in [6.07, 6.45) is -2.12. The zero-order valence-electron chi connectivity index (χ0n) is 14.9. The summed E-state index contributed by atoms with van der Waals surface area (Å²) >= 11 is 4.92. The maximum atomic E-state index is 12.7. The molecule has 0 aliphatic carbocycles. The smallest absolute Gasteiger partial charge is 0.420 e. The van der Waals surface area contributed by atoms with Crippen LogP contribution in [0.2, 0.25) is 0 Å². The van der Waals surface area contributed by atoms with E-state index in [1.807, 2.05) is 24.3 Å². The van der Waals surface area contributed by atoms with Crippen molar-refractivity contribution in [1.82, 2.24) is 9.80 Å². The molecule has 1 atom stereocenters. The van der Waals surface area contributed by atoms with Gasteiger partial charge in [0.25, 0.3) is 0 Å². The molecule has 25 heavy (non-hydrogen) atoms. The van der Waals surface area contributed by atoms with Gasteiger partial charge >= 0.3 is 12.1 Å². The van der Waals surface area contributed by atoms with E-state index < -0.39 is 29.5 Å². The Morgan fingerprint density at radius 2 is 1.96 bits per heavy atom. The van der Waals surface area contributed by atoms with E-state index in [1.165, 1.54) is 16.7 Å². The number of thioether (sulfide) groups is 1. The lowest BCUT2D eigenvalue weighted by Gasteiger charge is -2.31. The van der Waals surface area contributed by atoms with Gasteiger partial charge in [-0.05, 0) is 62.7 Å². The third-order valence-corrected chi connectivity index (χ3v) is 5.79. The zero-order valence-corrected chi connectivity index (χ0v) is 17.3. The number of benzene rings is 1. The molecule has 3 amide bonds. The summed E-state index contributed by atoms with van der Waals surface area (Å²) in [5.41, 5.74) is -1.68. The molecule has 0 radical (unpaired) electrons. The second-order valence-electron chi connectivity index (χ2n) is 7.29. The zero-order chi connectivity index (χ0) is 19.0. The molecule has 0 bridgehead atoms. The number of hydrogen-bond donors (Lipinski definition) is 1. The third-order valence-electron chi connectivity index (χ3n) is 3.79. The molecule has 1 heterocycles. The number of hydrogen-bond acceptors (Lipinski definition) is 5. The van der Waals surface area contributed by atoms with Gasteiger partial charge in [0.15, 0.2) is 6.23 Å². The molecule has 0 aromatic heterocycles. The summed E-state index contributed by atoms with van der Waals surface area (Å²) in [6, 6.07) is 7.11. The topological polar surface area (TPSA) is 70.1 Å². The molecule has 1 aromatic rings. The van der Waals surface area contributed by atoms with Gasteiger partial charge in [-0.15, -0.1) is 11.8 Å². The highest BCUT2D eigenvalue weighted by molar-refractivity contribution is 9.10. The maximum absolute atomic E-state index is 12.7. The Labute approximate surface area is 160 Å². The summed E-state index contributed by atoms with van der Waals surface area (Å²) in [5.74, 6) is 0.296. The van der Waals surface area contributed by atoms with Gasteiger partial charge in [-0.25, -0.2) is 9.59 Å². The largest absolute Gasteiger partial charge is 0.443 e. The van der Waals surface area contributed by atoms with E-state index in [0.717, 1.165) is 14.3 Å². The number of ether oxygens (including phenoxy) is 1. The number of carbonyl (C=O) groups excluding carboxylic acids is 2. The number of nitrogens with zero attached hydrogens (tertiary/aromatic N) is 2. The number of halogens is 1. The van der Waals surface area contributed by atoms with Crippen molar-refractivity contribution < 1.29 is 19.4 Å². The van der Waals surface area contributed by atoms with Crippen molar-refractivity contribution in [2.45, 2.75) is 56.9 Å². The first-order chi connectivity index (χ1) is 11.4. The fraction of sp³-hybridized carbons (Fsp3) is 0.529. The molecule has 1 unspecified atom stereocenters. The van der Waals surface area contributed by atoms with E-state index in [2.05, 4.69) is 15.9 Å². The molecular formula is C17H23BrN2O4S. The lowest BCUT2D eigenvalue weighted by atomic mass is 10.0. The molecule has 1 aromatic carbocycles. The molecule has 1 aliphatic heterocycles.